The van der Waals surface area contributed by atoms with Crippen LogP contribution in [0.25, 0.3) is 0 Å². The Hall–Kier alpha value is -4.14. The molecule has 0 bridgehead atoms. The maximum absolute atomic E-state index is 14.3. The van der Waals surface area contributed by atoms with E-state index in [1.807, 2.05) is 94.4 Å². The maximum Gasteiger partial charge on any atom is 0.244 e. The van der Waals surface area contributed by atoms with Crippen LogP contribution in [0, 0.1) is 27.7 Å². The van der Waals surface area contributed by atoms with Gasteiger partial charge in [0.25, 0.3) is 0 Å². The number of anilines is 3. The Kier molecular flexibility index (Phi) is 7.89. The van der Waals surface area contributed by atoms with E-state index in [2.05, 4.69) is 10.6 Å². The van der Waals surface area contributed by atoms with E-state index in [1.54, 1.807) is 19.2 Å². The summed E-state index contributed by atoms with van der Waals surface area (Å²) in [6.45, 7) is 7.64. The van der Waals surface area contributed by atoms with Crippen LogP contribution in [0.5, 0.6) is 5.75 Å². The number of rotatable bonds is 7. The van der Waals surface area contributed by atoms with Crippen LogP contribution < -0.4 is 15.4 Å². The fourth-order valence-corrected chi connectivity index (χ4v) is 7.57. The minimum absolute atomic E-state index is 0.129. The average Bonchev–Trinajstić information content (AvgIpc) is 2.96. The predicted molar refractivity (Wildman–Crippen MR) is 163 cm³/mol. The third kappa shape index (κ3) is 5.58. The zero-order valence-electron chi connectivity index (χ0n) is 24.0. The molecule has 0 aliphatic carbocycles. The lowest BCUT2D eigenvalue weighted by atomic mass is 9.95. The van der Waals surface area contributed by atoms with Crippen molar-refractivity contribution in [3.05, 3.63) is 112 Å². The molecule has 1 atom stereocenters. The van der Waals surface area contributed by atoms with Crippen molar-refractivity contribution in [1.29, 1.82) is 0 Å². The van der Waals surface area contributed by atoms with Gasteiger partial charge < -0.3 is 15.4 Å². The van der Waals surface area contributed by atoms with E-state index in [-0.39, 0.29) is 18.9 Å². The smallest absolute Gasteiger partial charge is 0.244 e. The zero-order chi connectivity index (χ0) is 29.3. The molecule has 7 nitrogen and oxygen atoms in total. The van der Waals surface area contributed by atoms with E-state index in [0.29, 0.717) is 21.7 Å². The summed E-state index contributed by atoms with van der Waals surface area (Å²) in [5.74, 6) is 0.353. The number of amides is 1. The summed E-state index contributed by atoms with van der Waals surface area (Å²) < 4.78 is 35.4. The van der Waals surface area contributed by atoms with Gasteiger partial charge in [-0.05, 0) is 104 Å². The number of aryl methyl sites for hydroxylation is 2. The molecule has 0 saturated carbocycles. The minimum Gasteiger partial charge on any atom is -0.495 e. The fraction of sp³-hybridized carbons (Fsp3) is 0.242. The standard InChI is InChI=1S/C33H35N3O4S/c1-21-18-22(2)24(4)32(23(21)3)41(38,39)36-20-26-11-7-6-10-25(26)19-30(36)33(37)35-28-16-14-27(15-17-28)34-29-12-8-9-13-31(29)40-5/h6-18,30,34H,19-20H2,1-5H3,(H,35,37). The first-order chi connectivity index (χ1) is 19.6. The number of sulfonamides is 1. The Bertz CT molecular complexity index is 1690. The second kappa shape index (κ2) is 11.4. The molecule has 8 heteroatoms. The summed E-state index contributed by atoms with van der Waals surface area (Å²) in [5.41, 5.74) is 7.35. The largest absolute Gasteiger partial charge is 0.495 e. The van der Waals surface area contributed by atoms with Crippen LogP contribution in [-0.4, -0.2) is 31.8 Å². The van der Waals surface area contributed by atoms with Crippen molar-refractivity contribution < 1.29 is 17.9 Å². The second-order valence-electron chi connectivity index (χ2n) is 10.5. The Balaban J connectivity index is 1.44. The molecule has 212 valence electrons. The average molecular weight is 570 g/mol. The Morgan fingerprint density at radius 2 is 1.41 bits per heavy atom. The van der Waals surface area contributed by atoms with Gasteiger partial charge in [-0.25, -0.2) is 8.42 Å². The molecule has 1 unspecified atom stereocenters. The van der Waals surface area contributed by atoms with Crippen molar-refractivity contribution in [3.8, 4) is 5.75 Å². The molecule has 1 aliphatic heterocycles. The van der Waals surface area contributed by atoms with Gasteiger partial charge in [0.1, 0.15) is 11.8 Å². The molecule has 1 amide bonds. The van der Waals surface area contributed by atoms with Crippen LogP contribution in [-0.2, 0) is 27.8 Å². The highest BCUT2D eigenvalue weighted by molar-refractivity contribution is 7.89. The number of para-hydroxylation sites is 2. The molecular formula is C33H35N3O4S. The first-order valence-electron chi connectivity index (χ1n) is 13.6. The highest BCUT2D eigenvalue weighted by Crippen LogP contribution is 2.35. The van der Waals surface area contributed by atoms with Gasteiger partial charge in [-0.15, -0.1) is 0 Å². The van der Waals surface area contributed by atoms with Crippen LogP contribution in [0.1, 0.15) is 33.4 Å². The fourth-order valence-electron chi connectivity index (χ4n) is 5.43. The van der Waals surface area contributed by atoms with E-state index in [4.69, 9.17) is 4.74 Å². The van der Waals surface area contributed by atoms with Crippen LogP contribution in [0.3, 0.4) is 0 Å². The molecule has 5 rings (SSSR count). The normalized spacial score (nSPS) is 15.2. The van der Waals surface area contributed by atoms with Gasteiger partial charge in [0.2, 0.25) is 15.9 Å². The number of carbonyl (C=O) groups is 1. The minimum atomic E-state index is -3.99. The van der Waals surface area contributed by atoms with Crippen molar-refractivity contribution in [1.82, 2.24) is 4.31 Å². The highest BCUT2D eigenvalue weighted by Gasteiger charge is 2.41. The number of nitrogens with one attached hydrogen (secondary N) is 2. The van der Waals surface area contributed by atoms with Gasteiger partial charge in [0.15, 0.2) is 0 Å². The van der Waals surface area contributed by atoms with Gasteiger partial charge in [-0.1, -0.05) is 42.5 Å². The lowest BCUT2D eigenvalue weighted by molar-refractivity contribution is -0.120. The van der Waals surface area contributed by atoms with E-state index in [9.17, 15) is 13.2 Å². The second-order valence-corrected chi connectivity index (χ2v) is 12.3. The van der Waals surface area contributed by atoms with Gasteiger partial charge in [-0.3, -0.25) is 4.79 Å². The summed E-state index contributed by atoms with van der Waals surface area (Å²) in [7, 11) is -2.37. The summed E-state index contributed by atoms with van der Waals surface area (Å²) >= 11 is 0. The van der Waals surface area contributed by atoms with Crippen LogP contribution in [0.4, 0.5) is 17.1 Å². The van der Waals surface area contributed by atoms with E-state index in [0.717, 1.165) is 39.4 Å². The molecule has 4 aromatic carbocycles. The third-order valence-corrected chi connectivity index (χ3v) is 10.0. The van der Waals surface area contributed by atoms with Crippen molar-refractivity contribution in [2.24, 2.45) is 0 Å². The van der Waals surface area contributed by atoms with Crippen LogP contribution >= 0.6 is 0 Å². The van der Waals surface area contributed by atoms with Gasteiger partial charge in [-0.2, -0.15) is 4.31 Å². The SMILES string of the molecule is COc1ccccc1Nc1ccc(NC(=O)C2Cc3ccccc3CN2S(=O)(=O)c2c(C)c(C)cc(C)c2C)cc1. The molecule has 41 heavy (non-hydrogen) atoms. The third-order valence-electron chi connectivity index (χ3n) is 7.91. The van der Waals surface area contributed by atoms with E-state index in [1.165, 1.54) is 4.31 Å². The maximum atomic E-state index is 14.3. The Morgan fingerprint density at radius 3 is 2.07 bits per heavy atom. The highest BCUT2D eigenvalue weighted by atomic mass is 32.2. The number of ether oxygens (including phenoxy) is 1. The van der Waals surface area contributed by atoms with Gasteiger partial charge in [0, 0.05) is 17.9 Å². The lowest BCUT2D eigenvalue weighted by Gasteiger charge is -2.36. The first kappa shape index (κ1) is 28.4. The van der Waals surface area contributed by atoms with E-state index >= 15 is 0 Å². The van der Waals surface area contributed by atoms with Gasteiger partial charge >= 0.3 is 0 Å². The quantitative estimate of drug-likeness (QED) is 0.268. The number of hydrogen-bond donors (Lipinski definition) is 2. The first-order valence-corrected chi connectivity index (χ1v) is 15.0. The number of benzene rings is 4. The molecule has 1 aliphatic rings. The molecule has 0 aromatic heterocycles. The molecule has 4 aromatic rings. The molecule has 1 heterocycles. The topological polar surface area (TPSA) is 87.7 Å². The Labute approximate surface area is 242 Å². The molecule has 2 N–H and O–H groups in total. The van der Waals surface area contributed by atoms with Crippen LogP contribution in [0.2, 0.25) is 0 Å². The summed E-state index contributed by atoms with van der Waals surface area (Å²) in [6, 6.07) is 23.7. The Morgan fingerprint density at radius 1 is 0.829 bits per heavy atom. The molecule has 0 saturated heterocycles. The number of methoxy groups -OCH3 is 1. The van der Waals surface area contributed by atoms with Crippen molar-refractivity contribution in [2.45, 2.75) is 51.6 Å². The van der Waals surface area contributed by atoms with E-state index < -0.39 is 16.1 Å². The molecule has 0 spiro atoms. The monoisotopic (exact) mass is 569 g/mol. The van der Waals surface area contributed by atoms with Gasteiger partial charge in [0.05, 0.1) is 17.7 Å². The molecule has 0 radical (unpaired) electrons. The van der Waals surface area contributed by atoms with Crippen LogP contribution in [0.15, 0.2) is 83.8 Å². The van der Waals surface area contributed by atoms with Crippen molar-refractivity contribution in [2.75, 3.05) is 17.7 Å². The molecular weight excluding hydrogens is 534 g/mol. The number of nitrogens with zero attached hydrogens (tertiary/aromatic N) is 1. The number of carbonyl (C=O) groups excluding carboxylic acids is 1. The summed E-state index contributed by atoms with van der Waals surface area (Å²) in [5, 5.41) is 6.28. The zero-order valence-corrected chi connectivity index (χ0v) is 24.8. The number of fused-ring (bicyclic) bond motifs is 1. The lowest BCUT2D eigenvalue weighted by Crippen LogP contribution is -2.50. The predicted octanol–water partition coefficient (Wildman–Crippen LogP) is 6.43. The van der Waals surface area contributed by atoms with Crippen molar-refractivity contribution in [3.63, 3.8) is 0 Å². The number of hydrogen-bond acceptors (Lipinski definition) is 5. The summed E-state index contributed by atoms with van der Waals surface area (Å²) in [6.07, 6.45) is 0.289. The van der Waals surface area contributed by atoms with Crippen molar-refractivity contribution >= 4 is 33.0 Å². The molecule has 0 fully saturated rings. The summed E-state index contributed by atoms with van der Waals surface area (Å²) in [4.78, 5) is 14.1.